The van der Waals surface area contributed by atoms with Crippen molar-refractivity contribution in [1.82, 2.24) is 5.32 Å². The third kappa shape index (κ3) is 2.25. The van der Waals surface area contributed by atoms with Gasteiger partial charge in [-0.05, 0) is 25.3 Å². The molecule has 3 heteroatoms. The number of amides is 1. The topological polar surface area (TPSA) is 49.3 Å². The van der Waals surface area contributed by atoms with Crippen LogP contribution in [0.5, 0.6) is 0 Å². The zero-order valence-electron chi connectivity index (χ0n) is 9.44. The first-order chi connectivity index (χ1) is 7.67. The quantitative estimate of drug-likeness (QED) is 0.805. The Morgan fingerprint density at radius 2 is 2.06 bits per heavy atom. The molecule has 3 nitrogen and oxygen atoms in total. The number of hydrogen-bond donors (Lipinski definition) is 2. The average Bonchev–Trinajstić information content (AvgIpc) is 3.09. The standard InChI is InChI=1S/C13H17NO2/c1-10(11-5-3-2-4-6-11)12(16)14-13(9-15)7-8-13/h2-6,10,15H,7-9H2,1H3,(H,14,16). The third-order valence-corrected chi connectivity index (χ3v) is 3.24. The van der Waals surface area contributed by atoms with Crippen molar-refractivity contribution in [1.29, 1.82) is 0 Å². The Labute approximate surface area is 95.5 Å². The van der Waals surface area contributed by atoms with Crippen molar-refractivity contribution in [2.75, 3.05) is 6.61 Å². The van der Waals surface area contributed by atoms with Gasteiger partial charge in [-0.1, -0.05) is 30.3 Å². The molecule has 1 fully saturated rings. The summed E-state index contributed by atoms with van der Waals surface area (Å²) < 4.78 is 0. The Morgan fingerprint density at radius 1 is 1.44 bits per heavy atom. The Bertz CT molecular complexity index is 371. The minimum atomic E-state index is -0.319. The predicted octanol–water partition coefficient (Wildman–Crippen LogP) is 1.43. The van der Waals surface area contributed by atoms with Gasteiger partial charge in [0.05, 0.1) is 18.1 Å². The van der Waals surface area contributed by atoms with Crippen molar-refractivity contribution in [3.8, 4) is 0 Å². The lowest BCUT2D eigenvalue weighted by molar-refractivity contribution is -0.123. The fourth-order valence-corrected chi connectivity index (χ4v) is 1.74. The molecule has 0 spiro atoms. The maximum absolute atomic E-state index is 11.9. The maximum atomic E-state index is 11.9. The lowest BCUT2D eigenvalue weighted by Crippen LogP contribution is -2.41. The fourth-order valence-electron chi connectivity index (χ4n) is 1.74. The summed E-state index contributed by atoms with van der Waals surface area (Å²) in [5.41, 5.74) is 0.689. The summed E-state index contributed by atoms with van der Waals surface area (Å²) in [6.45, 7) is 1.93. The molecule has 1 aromatic rings. The van der Waals surface area contributed by atoms with Crippen LogP contribution >= 0.6 is 0 Å². The SMILES string of the molecule is CC(C(=O)NC1(CO)CC1)c1ccccc1. The average molecular weight is 219 g/mol. The Balaban J connectivity index is 2.00. The van der Waals surface area contributed by atoms with Crippen molar-refractivity contribution in [3.63, 3.8) is 0 Å². The van der Waals surface area contributed by atoms with E-state index in [-0.39, 0.29) is 24.0 Å². The largest absolute Gasteiger partial charge is 0.394 e. The summed E-state index contributed by atoms with van der Waals surface area (Å²) >= 11 is 0. The van der Waals surface area contributed by atoms with Gasteiger partial charge in [0, 0.05) is 0 Å². The van der Waals surface area contributed by atoms with Crippen LogP contribution in [0, 0.1) is 0 Å². The highest BCUT2D eigenvalue weighted by Gasteiger charge is 2.44. The number of benzene rings is 1. The minimum Gasteiger partial charge on any atom is -0.394 e. The molecule has 1 unspecified atom stereocenters. The molecule has 86 valence electrons. The Hall–Kier alpha value is -1.35. The van der Waals surface area contributed by atoms with Crippen LogP contribution in [-0.2, 0) is 4.79 Å². The van der Waals surface area contributed by atoms with Crippen molar-refractivity contribution >= 4 is 5.91 Å². The second-order valence-electron chi connectivity index (χ2n) is 4.56. The van der Waals surface area contributed by atoms with E-state index in [0.29, 0.717) is 0 Å². The van der Waals surface area contributed by atoms with Gasteiger partial charge < -0.3 is 10.4 Å². The number of carbonyl (C=O) groups excluding carboxylic acids is 1. The van der Waals surface area contributed by atoms with Crippen molar-refractivity contribution in [3.05, 3.63) is 35.9 Å². The summed E-state index contributed by atoms with van der Waals surface area (Å²) in [5, 5.41) is 12.1. The summed E-state index contributed by atoms with van der Waals surface area (Å²) in [4.78, 5) is 11.9. The molecule has 0 radical (unpaired) electrons. The second-order valence-corrected chi connectivity index (χ2v) is 4.56. The molecule has 1 aromatic carbocycles. The van der Waals surface area contributed by atoms with Gasteiger partial charge in [-0.2, -0.15) is 0 Å². The van der Waals surface area contributed by atoms with E-state index in [0.717, 1.165) is 18.4 Å². The molecule has 0 heterocycles. The van der Waals surface area contributed by atoms with Crippen molar-refractivity contribution < 1.29 is 9.90 Å². The predicted molar refractivity (Wildman–Crippen MR) is 62.1 cm³/mol. The van der Waals surface area contributed by atoms with E-state index in [9.17, 15) is 4.79 Å². The van der Waals surface area contributed by atoms with Gasteiger partial charge in [-0.25, -0.2) is 0 Å². The molecule has 1 aliphatic rings. The smallest absolute Gasteiger partial charge is 0.227 e. The van der Waals surface area contributed by atoms with E-state index in [1.165, 1.54) is 0 Å². The molecule has 2 N–H and O–H groups in total. The van der Waals surface area contributed by atoms with Crippen LogP contribution in [0.3, 0.4) is 0 Å². The van der Waals surface area contributed by atoms with Gasteiger partial charge in [0.25, 0.3) is 0 Å². The van der Waals surface area contributed by atoms with Crippen LogP contribution in [0.2, 0.25) is 0 Å². The second kappa shape index (κ2) is 4.26. The lowest BCUT2D eigenvalue weighted by Gasteiger charge is -2.18. The molecule has 0 bridgehead atoms. The summed E-state index contributed by atoms with van der Waals surface area (Å²) in [6, 6.07) is 9.69. The molecule has 16 heavy (non-hydrogen) atoms. The van der Waals surface area contributed by atoms with Crippen LogP contribution in [0.1, 0.15) is 31.2 Å². The number of hydrogen-bond acceptors (Lipinski definition) is 2. The van der Waals surface area contributed by atoms with E-state index in [1.807, 2.05) is 37.3 Å². The van der Waals surface area contributed by atoms with E-state index >= 15 is 0 Å². The number of aliphatic hydroxyl groups excluding tert-OH is 1. The fraction of sp³-hybridized carbons (Fsp3) is 0.462. The monoisotopic (exact) mass is 219 g/mol. The van der Waals surface area contributed by atoms with E-state index < -0.39 is 0 Å². The van der Waals surface area contributed by atoms with Crippen molar-refractivity contribution in [2.45, 2.75) is 31.2 Å². The van der Waals surface area contributed by atoms with Crippen LogP contribution in [0.25, 0.3) is 0 Å². The van der Waals surface area contributed by atoms with Gasteiger partial charge in [0.1, 0.15) is 0 Å². The zero-order chi connectivity index (χ0) is 11.6. The van der Waals surface area contributed by atoms with Gasteiger partial charge >= 0.3 is 0 Å². The molecular formula is C13H17NO2. The number of rotatable bonds is 4. The molecule has 1 saturated carbocycles. The molecule has 0 aliphatic heterocycles. The third-order valence-electron chi connectivity index (χ3n) is 3.24. The van der Waals surface area contributed by atoms with Gasteiger partial charge in [-0.3, -0.25) is 4.79 Å². The lowest BCUT2D eigenvalue weighted by atomic mass is 10.00. The van der Waals surface area contributed by atoms with E-state index in [1.54, 1.807) is 0 Å². The highest BCUT2D eigenvalue weighted by atomic mass is 16.3. The van der Waals surface area contributed by atoms with Crippen LogP contribution in [0.4, 0.5) is 0 Å². The highest BCUT2D eigenvalue weighted by Crippen LogP contribution is 2.35. The molecule has 1 atom stereocenters. The Morgan fingerprint density at radius 3 is 2.56 bits per heavy atom. The zero-order valence-corrected chi connectivity index (χ0v) is 9.44. The molecule has 1 aliphatic carbocycles. The van der Waals surface area contributed by atoms with Crippen LogP contribution in [0.15, 0.2) is 30.3 Å². The van der Waals surface area contributed by atoms with Gasteiger partial charge in [-0.15, -0.1) is 0 Å². The molecule has 2 rings (SSSR count). The first-order valence-corrected chi connectivity index (χ1v) is 5.65. The summed E-state index contributed by atoms with van der Waals surface area (Å²) in [5.74, 6) is -0.164. The molecule has 0 saturated heterocycles. The number of carbonyl (C=O) groups is 1. The number of nitrogens with one attached hydrogen (secondary N) is 1. The van der Waals surface area contributed by atoms with Crippen LogP contribution in [-0.4, -0.2) is 23.2 Å². The van der Waals surface area contributed by atoms with E-state index in [2.05, 4.69) is 5.32 Å². The summed E-state index contributed by atoms with van der Waals surface area (Å²) in [6.07, 6.45) is 1.77. The molecular weight excluding hydrogens is 202 g/mol. The maximum Gasteiger partial charge on any atom is 0.227 e. The van der Waals surface area contributed by atoms with E-state index in [4.69, 9.17) is 5.11 Å². The minimum absolute atomic E-state index is 0.00208. The molecule has 1 amide bonds. The normalized spacial score (nSPS) is 18.9. The van der Waals surface area contributed by atoms with Gasteiger partial charge in [0.15, 0.2) is 0 Å². The highest BCUT2D eigenvalue weighted by molar-refractivity contribution is 5.84. The Kier molecular flexibility index (Phi) is 2.97. The summed E-state index contributed by atoms with van der Waals surface area (Å²) in [7, 11) is 0. The number of aliphatic hydroxyl groups is 1. The first-order valence-electron chi connectivity index (χ1n) is 5.65. The molecule has 0 aromatic heterocycles. The van der Waals surface area contributed by atoms with Gasteiger partial charge in [0.2, 0.25) is 5.91 Å². The van der Waals surface area contributed by atoms with Crippen LogP contribution < -0.4 is 5.32 Å². The van der Waals surface area contributed by atoms with Crippen molar-refractivity contribution in [2.24, 2.45) is 0 Å². The first kappa shape index (κ1) is 11.1.